The van der Waals surface area contributed by atoms with E-state index in [1.807, 2.05) is 6.07 Å². The van der Waals surface area contributed by atoms with Crippen LogP contribution in [0.25, 0.3) is 12.3 Å². The summed E-state index contributed by atoms with van der Waals surface area (Å²) in [4.78, 5) is 2.33. The van der Waals surface area contributed by atoms with Gasteiger partial charge in [0.25, 0.3) is 0 Å². The van der Waals surface area contributed by atoms with Gasteiger partial charge in [-0.2, -0.15) is 0 Å². The third-order valence-electron chi connectivity index (χ3n) is 5.11. The van der Waals surface area contributed by atoms with Crippen LogP contribution < -0.4 is 10.4 Å². The van der Waals surface area contributed by atoms with Crippen LogP contribution in [0.15, 0.2) is 41.4 Å². The van der Waals surface area contributed by atoms with Crippen molar-refractivity contribution in [2.75, 3.05) is 13.3 Å². The number of hydrogen-bond acceptors (Lipinski definition) is 4. The van der Waals surface area contributed by atoms with Crippen LogP contribution in [0.2, 0.25) is 0 Å². The van der Waals surface area contributed by atoms with Crippen molar-refractivity contribution < 1.29 is 14.6 Å². The summed E-state index contributed by atoms with van der Waals surface area (Å²) in [5.41, 5.74) is 1.40. The fraction of sp³-hybridized carbons (Fsp3) is 0.333. The summed E-state index contributed by atoms with van der Waals surface area (Å²) in [5, 5.41) is 12.1. The molecule has 1 aromatic carbocycles. The summed E-state index contributed by atoms with van der Waals surface area (Å²) >= 11 is 0. The molecule has 1 aromatic rings. The third kappa shape index (κ3) is 1.64. The molecule has 112 valence electrons. The number of hydrogen-bond donors (Lipinski definition) is 1. The molecule has 0 radical (unpaired) electrons. The number of phenols is 1. The van der Waals surface area contributed by atoms with Gasteiger partial charge in [-0.05, 0) is 41.3 Å². The van der Waals surface area contributed by atoms with E-state index >= 15 is 0 Å². The zero-order valence-corrected chi connectivity index (χ0v) is 12.2. The molecular formula is C18H17NO3. The lowest BCUT2D eigenvalue weighted by molar-refractivity contribution is 0.0714. The molecule has 1 fully saturated rings. The van der Waals surface area contributed by atoms with E-state index in [0.29, 0.717) is 18.5 Å². The highest BCUT2D eigenvalue weighted by atomic mass is 16.7. The van der Waals surface area contributed by atoms with Crippen molar-refractivity contribution in [2.45, 2.75) is 18.9 Å². The van der Waals surface area contributed by atoms with E-state index in [0.717, 1.165) is 41.3 Å². The Morgan fingerprint density at radius 3 is 3.14 bits per heavy atom. The first-order valence-electron chi connectivity index (χ1n) is 7.77. The van der Waals surface area contributed by atoms with Crippen LogP contribution in [0, 0.1) is 5.92 Å². The Balaban J connectivity index is 1.65. The second kappa shape index (κ2) is 4.32. The van der Waals surface area contributed by atoms with E-state index in [9.17, 15) is 5.11 Å². The van der Waals surface area contributed by atoms with Gasteiger partial charge in [0.1, 0.15) is 11.5 Å². The lowest BCUT2D eigenvalue weighted by Gasteiger charge is -2.42. The first kappa shape index (κ1) is 12.2. The maximum Gasteiger partial charge on any atom is 0.230 e. The minimum absolute atomic E-state index is 0.256. The Morgan fingerprint density at radius 2 is 2.18 bits per heavy atom. The molecule has 0 bridgehead atoms. The summed E-state index contributed by atoms with van der Waals surface area (Å²) in [5.74, 6) is 2.80. The van der Waals surface area contributed by atoms with E-state index in [-0.39, 0.29) is 6.04 Å². The summed E-state index contributed by atoms with van der Waals surface area (Å²) < 4.78 is 11.1. The lowest BCUT2D eigenvalue weighted by atomic mass is 9.78. The van der Waals surface area contributed by atoms with Gasteiger partial charge >= 0.3 is 0 Å². The van der Waals surface area contributed by atoms with Crippen LogP contribution in [0.5, 0.6) is 5.75 Å². The Bertz CT molecular complexity index is 836. The van der Waals surface area contributed by atoms with Crippen LogP contribution in [0.3, 0.4) is 0 Å². The van der Waals surface area contributed by atoms with Gasteiger partial charge in [0, 0.05) is 24.4 Å². The molecule has 0 saturated carbocycles. The van der Waals surface area contributed by atoms with E-state index in [2.05, 4.69) is 29.3 Å². The summed E-state index contributed by atoms with van der Waals surface area (Å²) in [6.45, 7) is 1.35. The van der Waals surface area contributed by atoms with Gasteiger partial charge < -0.3 is 19.5 Å². The molecule has 2 atom stereocenters. The Morgan fingerprint density at radius 1 is 1.23 bits per heavy atom. The first-order chi connectivity index (χ1) is 10.8. The van der Waals surface area contributed by atoms with Crippen LogP contribution >= 0.6 is 0 Å². The number of fused-ring (bicyclic) bond motifs is 4. The highest BCUT2D eigenvalue weighted by Crippen LogP contribution is 2.41. The van der Waals surface area contributed by atoms with Crippen molar-refractivity contribution in [2.24, 2.45) is 5.92 Å². The molecule has 22 heavy (non-hydrogen) atoms. The number of rotatable bonds is 0. The van der Waals surface area contributed by atoms with Crippen LogP contribution in [0.1, 0.15) is 12.8 Å². The van der Waals surface area contributed by atoms with Crippen molar-refractivity contribution in [1.82, 2.24) is 4.90 Å². The number of piperidine rings is 1. The molecule has 0 amide bonds. The lowest BCUT2D eigenvalue weighted by Crippen LogP contribution is -2.47. The van der Waals surface area contributed by atoms with Gasteiger partial charge in [0.05, 0.1) is 6.04 Å². The Labute approximate surface area is 128 Å². The van der Waals surface area contributed by atoms with Gasteiger partial charge in [-0.3, -0.25) is 0 Å². The smallest absolute Gasteiger partial charge is 0.230 e. The van der Waals surface area contributed by atoms with Crippen molar-refractivity contribution in [3.05, 3.63) is 51.8 Å². The number of benzene rings is 1. The molecule has 4 aliphatic rings. The molecule has 3 aliphatic heterocycles. The molecule has 0 spiro atoms. The minimum Gasteiger partial charge on any atom is -0.507 e. The standard InChI is InChI=1S/C18H17NO3/c20-16-3-1-2-11-6-15-13-8-18-17(21-10-22-18)7-12(13)4-5-19(15)9-14(11)16/h1-3,6,8-9,12,15,20H,4-5,7,10H2. The van der Waals surface area contributed by atoms with E-state index in [1.54, 1.807) is 6.07 Å². The van der Waals surface area contributed by atoms with Gasteiger partial charge in [-0.15, -0.1) is 0 Å². The summed E-state index contributed by atoms with van der Waals surface area (Å²) in [6.07, 6.45) is 8.59. The van der Waals surface area contributed by atoms with Crippen LogP contribution in [-0.2, 0) is 9.47 Å². The van der Waals surface area contributed by atoms with Gasteiger partial charge in [0.2, 0.25) is 6.79 Å². The predicted octanol–water partition coefficient (Wildman–Crippen LogP) is 1.16. The molecule has 1 saturated heterocycles. The first-order valence-corrected chi connectivity index (χ1v) is 7.77. The normalized spacial score (nSPS) is 28.0. The quantitative estimate of drug-likeness (QED) is 0.780. The fourth-order valence-corrected chi connectivity index (χ4v) is 3.97. The Kier molecular flexibility index (Phi) is 2.40. The number of nitrogens with zero attached hydrogens (tertiary/aromatic N) is 1. The third-order valence-corrected chi connectivity index (χ3v) is 5.11. The molecule has 4 nitrogen and oxygen atoms in total. The van der Waals surface area contributed by atoms with Gasteiger partial charge in [0.15, 0.2) is 5.76 Å². The highest BCUT2D eigenvalue weighted by molar-refractivity contribution is 5.54. The topological polar surface area (TPSA) is 41.9 Å². The van der Waals surface area contributed by atoms with Gasteiger partial charge in [-0.1, -0.05) is 12.1 Å². The largest absolute Gasteiger partial charge is 0.507 e. The van der Waals surface area contributed by atoms with Crippen molar-refractivity contribution in [3.8, 4) is 5.75 Å². The maximum absolute atomic E-state index is 10.1. The zero-order valence-electron chi connectivity index (χ0n) is 12.2. The van der Waals surface area contributed by atoms with Crippen molar-refractivity contribution in [3.63, 3.8) is 0 Å². The predicted molar refractivity (Wildman–Crippen MR) is 81.7 cm³/mol. The molecule has 1 aliphatic carbocycles. The van der Waals surface area contributed by atoms with Crippen LogP contribution in [-0.4, -0.2) is 29.4 Å². The fourth-order valence-electron chi connectivity index (χ4n) is 3.97. The summed E-state index contributed by atoms with van der Waals surface area (Å²) in [6, 6.07) is 5.97. The molecule has 0 aromatic heterocycles. The van der Waals surface area contributed by atoms with Crippen molar-refractivity contribution in [1.29, 1.82) is 0 Å². The molecule has 1 N–H and O–H groups in total. The second-order valence-corrected chi connectivity index (χ2v) is 6.29. The van der Waals surface area contributed by atoms with E-state index < -0.39 is 0 Å². The van der Waals surface area contributed by atoms with E-state index in [4.69, 9.17) is 9.47 Å². The number of ether oxygens (including phenoxy) is 2. The molecule has 3 heterocycles. The molecule has 5 rings (SSSR count). The average Bonchev–Trinajstić information content (AvgIpc) is 2.99. The number of aromatic hydroxyl groups is 1. The number of phenolic OH excluding ortho intramolecular Hbond substituents is 1. The van der Waals surface area contributed by atoms with Crippen molar-refractivity contribution >= 4 is 12.3 Å². The Hall–Kier alpha value is -2.36. The van der Waals surface area contributed by atoms with Crippen LogP contribution in [0.4, 0.5) is 0 Å². The second-order valence-electron chi connectivity index (χ2n) is 6.29. The monoisotopic (exact) mass is 295 g/mol. The molecular weight excluding hydrogens is 278 g/mol. The summed E-state index contributed by atoms with van der Waals surface area (Å²) in [7, 11) is 0. The average molecular weight is 295 g/mol. The van der Waals surface area contributed by atoms with Gasteiger partial charge in [-0.25, -0.2) is 0 Å². The zero-order chi connectivity index (χ0) is 14.7. The number of allylic oxidation sites excluding steroid dienone is 2. The SMILES string of the molecule is Oc1cccc2c1=CN1CCC3CC4=C(C=C3C1C=2)OCO4. The maximum atomic E-state index is 10.1. The molecule has 4 heteroatoms. The highest BCUT2D eigenvalue weighted by Gasteiger charge is 2.37. The molecule has 2 unspecified atom stereocenters. The minimum atomic E-state index is 0.256. The van der Waals surface area contributed by atoms with E-state index in [1.165, 1.54) is 5.57 Å².